The molecule has 1 aromatic heterocycles. The van der Waals surface area contributed by atoms with Crippen LogP contribution >= 0.6 is 0 Å². The third kappa shape index (κ3) is 2.72. The number of carbonyl (C=O) groups is 1. The Morgan fingerprint density at radius 1 is 1.67 bits per heavy atom. The highest BCUT2D eigenvalue weighted by Gasteiger charge is 2.27. The third-order valence-electron chi connectivity index (χ3n) is 3.63. The number of aryl methyl sites for hydroxylation is 1. The van der Waals surface area contributed by atoms with Gasteiger partial charge in [-0.3, -0.25) is 9.69 Å². The van der Waals surface area contributed by atoms with Gasteiger partial charge in [-0.2, -0.15) is 0 Å². The van der Waals surface area contributed by atoms with Gasteiger partial charge in [0.05, 0.1) is 6.33 Å². The minimum absolute atomic E-state index is 0.0793. The third-order valence-corrected chi connectivity index (χ3v) is 3.63. The minimum Gasteiger partial charge on any atom is -0.349 e. The molecule has 1 aliphatic heterocycles. The van der Waals surface area contributed by atoms with Crippen molar-refractivity contribution in [3.8, 4) is 0 Å². The van der Waals surface area contributed by atoms with Crippen LogP contribution in [0.4, 0.5) is 0 Å². The molecule has 0 radical (unpaired) electrons. The van der Waals surface area contributed by atoms with Crippen LogP contribution in [0.1, 0.15) is 42.9 Å². The maximum Gasteiger partial charge on any atom is 0.271 e. The fourth-order valence-corrected chi connectivity index (χ4v) is 2.64. The highest BCUT2D eigenvalue weighted by atomic mass is 16.1. The topological polar surface area (TPSA) is 61.0 Å². The second-order valence-corrected chi connectivity index (χ2v) is 5.21. The first-order chi connectivity index (χ1) is 8.59. The summed E-state index contributed by atoms with van der Waals surface area (Å²) in [4.78, 5) is 21.4. The molecule has 0 aliphatic carbocycles. The molecule has 1 aromatic rings. The Morgan fingerprint density at radius 2 is 2.44 bits per heavy atom. The van der Waals surface area contributed by atoms with E-state index in [1.807, 2.05) is 6.92 Å². The first-order valence-electron chi connectivity index (χ1n) is 6.63. The molecule has 0 aromatic carbocycles. The molecule has 1 aliphatic rings. The van der Waals surface area contributed by atoms with Crippen molar-refractivity contribution >= 4 is 5.91 Å². The summed E-state index contributed by atoms with van der Waals surface area (Å²) in [6.45, 7) is 8.12. The molecule has 1 amide bonds. The number of nitrogens with zero attached hydrogens (tertiary/aromatic N) is 2. The van der Waals surface area contributed by atoms with E-state index in [1.54, 1.807) is 6.33 Å². The fraction of sp³-hybridized carbons (Fsp3) is 0.692. The smallest absolute Gasteiger partial charge is 0.271 e. The summed E-state index contributed by atoms with van der Waals surface area (Å²) in [6, 6.07) is 1.01. The summed E-state index contributed by atoms with van der Waals surface area (Å²) < 4.78 is 0. The summed E-state index contributed by atoms with van der Waals surface area (Å²) in [5, 5.41) is 2.99. The molecule has 0 unspecified atom stereocenters. The average molecular weight is 250 g/mol. The summed E-state index contributed by atoms with van der Waals surface area (Å²) in [6.07, 6.45) is 3.94. The van der Waals surface area contributed by atoms with Gasteiger partial charge in [0, 0.05) is 24.3 Å². The van der Waals surface area contributed by atoms with E-state index >= 15 is 0 Å². The number of hydrogen-bond acceptors (Lipinski definition) is 3. The number of amides is 1. The predicted molar refractivity (Wildman–Crippen MR) is 70.5 cm³/mol. The largest absolute Gasteiger partial charge is 0.349 e. The Labute approximate surface area is 108 Å². The van der Waals surface area contributed by atoms with Gasteiger partial charge in [0.25, 0.3) is 5.91 Å². The van der Waals surface area contributed by atoms with E-state index in [0.717, 1.165) is 18.7 Å². The zero-order valence-corrected chi connectivity index (χ0v) is 11.4. The van der Waals surface area contributed by atoms with E-state index in [4.69, 9.17) is 0 Å². The van der Waals surface area contributed by atoms with Crippen molar-refractivity contribution in [2.45, 2.75) is 45.7 Å². The molecule has 5 nitrogen and oxygen atoms in total. The Bertz CT molecular complexity index is 413. The second kappa shape index (κ2) is 5.52. The second-order valence-electron chi connectivity index (χ2n) is 5.21. The molecule has 100 valence electrons. The van der Waals surface area contributed by atoms with Crippen LogP contribution in [0.25, 0.3) is 0 Å². The SMILES string of the molecule is Cc1[nH]cnc1C(=O)NC[C@H]1CCCN1C(C)C. The molecule has 1 atom stereocenters. The average Bonchev–Trinajstić information content (AvgIpc) is 2.94. The van der Waals surface area contributed by atoms with Crippen LogP contribution < -0.4 is 5.32 Å². The Morgan fingerprint density at radius 3 is 3.06 bits per heavy atom. The van der Waals surface area contributed by atoms with Gasteiger partial charge < -0.3 is 10.3 Å². The molecule has 0 saturated carbocycles. The van der Waals surface area contributed by atoms with E-state index in [1.165, 1.54) is 6.42 Å². The van der Waals surface area contributed by atoms with Crippen LogP contribution in [-0.4, -0.2) is 45.9 Å². The maximum atomic E-state index is 11.9. The number of nitrogens with one attached hydrogen (secondary N) is 2. The molecular weight excluding hydrogens is 228 g/mol. The zero-order valence-electron chi connectivity index (χ0n) is 11.4. The van der Waals surface area contributed by atoms with Crippen molar-refractivity contribution in [1.82, 2.24) is 20.2 Å². The first-order valence-corrected chi connectivity index (χ1v) is 6.63. The highest BCUT2D eigenvalue weighted by molar-refractivity contribution is 5.93. The lowest BCUT2D eigenvalue weighted by molar-refractivity contribution is 0.0930. The standard InChI is InChI=1S/C13H22N4O/c1-9(2)17-6-4-5-11(17)7-14-13(18)12-10(3)15-8-16-12/h8-9,11H,4-7H2,1-3H3,(H,14,18)(H,15,16)/t11-/m1/s1. The summed E-state index contributed by atoms with van der Waals surface area (Å²) in [5.41, 5.74) is 1.32. The van der Waals surface area contributed by atoms with Crippen LogP contribution in [0.3, 0.4) is 0 Å². The van der Waals surface area contributed by atoms with Gasteiger partial charge >= 0.3 is 0 Å². The molecule has 18 heavy (non-hydrogen) atoms. The molecule has 5 heteroatoms. The molecule has 2 N–H and O–H groups in total. The molecule has 2 heterocycles. The van der Waals surface area contributed by atoms with Crippen molar-refractivity contribution in [2.75, 3.05) is 13.1 Å². The van der Waals surface area contributed by atoms with Gasteiger partial charge in [-0.1, -0.05) is 0 Å². The van der Waals surface area contributed by atoms with E-state index in [9.17, 15) is 4.79 Å². The van der Waals surface area contributed by atoms with E-state index in [0.29, 0.717) is 24.3 Å². The molecule has 0 spiro atoms. The molecule has 1 saturated heterocycles. The van der Waals surface area contributed by atoms with Crippen LogP contribution in [0, 0.1) is 6.92 Å². The maximum absolute atomic E-state index is 11.9. The van der Waals surface area contributed by atoms with E-state index < -0.39 is 0 Å². The number of rotatable bonds is 4. The molecule has 2 rings (SSSR count). The zero-order chi connectivity index (χ0) is 13.1. The van der Waals surface area contributed by atoms with Crippen LogP contribution in [0.2, 0.25) is 0 Å². The van der Waals surface area contributed by atoms with E-state index in [-0.39, 0.29) is 5.91 Å². The van der Waals surface area contributed by atoms with Gasteiger partial charge in [0.2, 0.25) is 0 Å². The number of aromatic amines is 1. The molecular formula is C13H22N4O. The van der Waals surface area contributed by atoms with Crippen molar-refractivity contribution < 1.29 is 4.79 Å². The normalized spacial score (nSPS) is 20.6. The summed E-state index contributed by atoms with van der Waals surface area (Å²) >= 11 is 0. The Kier molecular flexibility index (Phi) is 4.01. The lowest BCUT2D eigenvalue weighted by atomic mass is 10.2. The Balaban J connectivity index is 1.88. The number of carbonyl (C=O) groups excluding carboxylic acids is 1. The minimum atomic E-state index is -0.0793. The van der Waals surface area contributed by atoms with Gasteiger partial charge in [-0.15, -0.1) is 0 Å². The number of aromatic nitrogens is 2. The molecule has 0 bridgehead atoms. The van der Waals surface area contributed by atoms with Gasteiger partial charge in [0.1, 0.15) is 5.69 Å². The number of H-pyrrole nitrogens is 1. The summed E-state index contributed by atoms with van der Waals surface area (Å²) in [5.74, 6) is -0.0793. The van der Waals surface area contributed by atoms with Gasteiger partial charge in [-0.25, -0.2) is 4.98 Å². The highest BCUT2D eigenvalue weighted by Crippen LogP contribution is 2.19. The van der Waals surface area contributed by atoms with Crippen LogP contribution in [0.5, 0.6) is 0 Å². The predicted octanol–water partition coefficient (Wildman–Crippen LogP) is 1.32. The van der Waals surface area contributed by atoms with Crippen molar-refractivity contribution in [1.29, 1.82) is 0 Å². The van der Waals surface area contributed by atoms with Crippen LogP contribution in [-0.2, 0) is 0 Å². The van der Waals surface area contributed by atoms with Gasteiger partial charge in [0.15, 0.2) is 0 Å². The van der Waals surface area contributed by atoms with Crippen molar-refractivity contribution in [2.24, 2.45) is 0 Å². The van der Waals surface area contributed by atoms with Crippen molar-refractivity contribution in [3.63, 3.8) is 0 Å². The summed E-state index contributed by atoms with van der Waals surface area (Å²) in [7, 11) is 0. The number of hydrogen-bond donors (Lipinski definition) is 2. The number of imidazole rings is 1. The lowest BCUT2D eigenvalue weighted by Gasteiger charge is -2.28. The van der Waals surface area contributed by atoms with Crippen molar-refractivity contribution in [3.05, 3.63) is 17.7 Å². The molecule has 1 fully saturated rings. The quantitative estimate of drug-likeness (QED) is 0.847. The van der Waals surface area contributed by atoms with E-state index in [2.05, 4.69) is 34.0 Å². The Hall–Kier alpha value is -1.36. The monoisotopic (exact) mass is 250 g/mol. The number of likely N-dealkylation sites (tertiary alicyclic amines) is 1. The van der Waals surface area contributed by atoms with Gasteiger partial charge in [-0.05, 0) is 40.2 Å². The fourth-order valence-electron chi connectivity index (χ4n) is 2.64. The first kappa shape index (κ1) is 13.1. The lowest BCUT2D eigenvalue weighted by Crippen LogP contribution is -2.43. The van der Waals surface area contributed by atoms with Crippen LogP contribution in [0.15, 0.2) is 6.33 Å².